The largest absolute Gasteiger partial charge is 0.317 e. The second kappa shape index (κ2) is 5.66. The first kappa shape index (κ1) is 14.6. The van der Waals surface area contributed by atoms with Crippen molar-refractivity contribution in [2.24, 2.45) is 0 Å². The first-order valence-electron chi connectivity index (χ1n) is 5.61. The number of hydrogen-bond acceptors (Lipinski definition) is 1. The first-order chi connectivity index (χ1) is 9.40. The summed E-state index contributed by atoms with van der Waals surface area (Å²) in [5.74, 6) is -3.17. The Balaban J connectivity index is 2.32. The SMILES string of the molecule is Cc1ccc(F)c(NC(=O)c2ccc(Br)c(F)c2)c1F. The quantitative estimate of drug-likeness (QED) is 0.858. The van der Waals surface area contributed by atoms with E-state index >= 15 is 0 Å². The van der Waals surface area contributed by atoms with Crippen LogP contribution in [0.15, 0.2) is 34.8 Å². The summed E-state index contributed by atoms with van der Waals surface area (Å²) in [5.41, 5.74) is -0.381. The topological polar surface area (TPSA) is 29.1 Å². The van der Waals surface area contributed by atoms with Crippen molar-refractivity contribution in [1.82, 2.24) is 0 Å². The molecule has 0 atom stereocenters. The highest BCUT2D eigenvalue weighted by molar-refractivity contribution is 9.10. The van der Waals surface area contributed by atoms with Crippen molar-refractivity contribution in [1.29, 1.82) is 0 Å². The fourth-order valence-electron chi connectivity index (χ4n) is 1.59. The van der Waals surface area contributed by atoms with Gasteiger partial charge < -0.3 is 5.32 Å². The standard InChI is InChI=1S/C14H9BrF3NO/c1-7-2-5-10(16)13(12(7)18)19-14(20)8-3-4-9(15)11(17)6-8/h2-6H,1H3,(H,19,20). The predicted molar refractivity (Wildman–Crippen MR) is 73.1 cm³/mol. The van der Waals surface area contributed by atoms with E-state index in [0.717, 1.165) is 12.1 Å². The van der Waals surface area contributed by atoms with Crippen molar-refractivity contribution in [3.05, 3.63) is 63.4 Å². The molecule has 1 N–H and O–H groups in total. The second-order valence-corrected chi connectivity index (χ2v) is 4.99. The minimum atomic E-state index is -0.890. The maximum atomic E-state index is 13.7. The third kappa shape index (κ3) is 2.85. The van der Waals surface area contributed by atoms with E-state index in [1.807, 2.05) is 0 Å². The summed E-state index contributed by atoms with van der Waals surface area (Å²) in [7, 11) is 0. The van der Waals surface area contributed by atoms with Gasteiger partial charge in [0.05, 0.1) is 4.47 Å². The number of rotatable bonds is 2. The molecule has 2 rings (SSSR count). The van der Waals surface area contributed by atoms with Gasteiger partial charge in [0.2, 0.25) is 0 Å². The van der Waals surface area contributed by atoms with Gasteiger partial charge in [-0.15, -0.1) is 0 Å². The number of hydrogen-bond donors (Lipinski definition) is 1. The van der Waals surface area contributed by atoms with E-state index in [1.54, 1.807) is 0 Å². The number of nitrogens with one attached hydrogen (secondary N) is 1. The number of amides is 1. The zero-order valence-electron chi connectivity index (χ0n) is 10.3. The molecule has 1 amide bonds. The van der Waals surface area contributed by atoms with Crippen LogP contribution in [-0.2, 0) is 0 Å². The van der Waals surface area contributed by atoms with Gasteiger partial charge in [-0.2, -0.15) is 0 Å². The Kier molecular flexibility index (Phi) is 4.13. The molecule has 2 aromatic carbocycles. The van der Waals surface area contributed by atoms with Crippen LogP contribution in [0.5, 0.6) is 0 Å². The molecule has 0 aliphatic rings. The van der Waals surface area contributed by atoms with Gasteiger partial charge in [0.1, 0.15) is 17.3 Å². The molecule has 0 aromatic heterocycles. The molecule has 0 bridgehead atoms. The fourth-order valence-corrected chi connectivity index (χ4v) is 1.84. The Labute approximate surface area is 121 Å². The summed E-state index contributed by atoms with van der Waals surface area (Å²) in [4.78, 5) is 11.9. The Bertz CT molecular complexity index is 688. The molecule has 2 nitrogen and oxygen atoms in total. The normalized spacial score (nSPS) is 10.4. The van der Waals surface area contributed by atoms with Gasteiger partial charge in [-0.25, -0.2) is 13.2 Å². The molecular weight excluding hydrogens is 335 g/mol. The number of halogens is 4. The number of benzene rings is 2. The van der Waals surface area contributed by atoms with Crippen LogP contribution in [0.1, 0.15) is 15.9 Å². The fraction of sp³-hybridized carbons (Fsp3) is 0.0714. The summed E-state index contributed by atoms with van der Waals surface area (Å²) < 4.78 is 40.8. The Morgan fingerprint density at radius 1 is 1.10 bits per heavy atom. The Hall–Kier alpha value is -1.82. The van der Waals surface area contributed by atoms with E-state index in [9.17, 15) is 18.0 Å². The summed E-state index contributed by atoms with van der Waals surface area (Å²) in [5, 5.41) is 2.11. The highest BCUT2D eigenvalue weighted by Crippen LogP contribution is 2.23. The lowest BCUT2D eigenvalue weighted by molar-refractivity contribution is 0.102. The molecule has 20 heavy (non-hydrogen) atoms. The van der Waals surface area contributed by atoms with Gasteiger partial charge in [-0.1, -0.05) is 6.07 Å². The smallest absolute Gasteiger partial charge is 0.255 e. The van der Waals surface area contributed by atoms with E-state index in [1.165, 1.54) is 25.1 Å². The van der Waals surface area contributed by atoms with Crippen molar-refractivity contribution in [2.45, 2.75) is 6.92 Å². The maximum absolute atomic E-state index is 13.7. The number of carbonyl (C=O) groups excluding carboxylic acids is 1. The molecular formula is C14H9BrF3NO. The molecule has 0 radical (unpaired) electrons. The van der Waals surface area contributed by atoms with Gasteiger partial charge in [-0.3, -0.25) is 4.79 Å². The highest BCUT2D eigenvalue weighted by Gasteiger charge is 2.16. The number of anilines is 1. The average molecular weight is 344 g/mol. The number of aryl methyl sites for hydroxylation is 1. The predicted octanol–water partition coefficient (Wildman–Crippen LogP) is 4.43. The highest BCUT2D eigenvalue weighted by atomic mass is 79.9. The molecule has 0 heterocycles. The molecule has 2 aromatic rings. The molecule has 0 aliphatic carbocycles. The third-order valence-corrected chi connectivity index (χ3v) is 3.35. The molecule has 0 unspecified atom stereocenters. The van der Waals surface area contributed by atoms with Gasteiger partial charge in [0.15, 0.2) is 5.82 Å². The van der Waals surface area contributed by atoms with Gasteiger partial charge >= 0.3 is 0 Å². The van der Waals surface area contributed by atoms with Crippen LogP contribution in [0.25, 0.3) is 0 Å². The van der Waals surface area contributed by atoms with E-state index in [0.29, 0.717) is 0 Å². The molecule has 0 spiro atoms. The zero-order chi connectivity index (χ0) is 14.9. The van der Waals surface area contributed by atoms with Crippen molar-refractivity contribution in [3.8, 4) is 0 Å². The van der Waals surface area contributed by atoms with Crippen molar-refractivity contribution < 1.29 is 18.0 Å². The van der Waals surface area contributed by atoms with E-state index < -0.39 is 29.0 Å². The van der Waals surface area contributed by atoms with E-state index in [2.05, 4.69) is 21.2 Å². The van der Waals surface area contributed by atoms with Crippen molar-refractivity contribution in [2.75, 3.05) is 5.32 Å². The molecule has 0 saturated carbocycles. The summed E-state index contributed by atoms with van der Waals surface area (Å²) in [6, 6.07) is 5.97. The Morgan fingerprint density at radius 2 is 1.80 bits per heavy atom. The summed E-state index contributed by atoms with van der Waals surface area (Å²) in [6.45, 7) is 1.45. The van der Waals surface area contributed by atoms with Crippen LogP contribution in [0.3, 0.4) is 0 Å². The molecule has 0 fully saturated rings. The van der Waals surface area contributed by atoms with Crippen LogP contribution < -0.4 is 5.32 Å². The molecule has 6 heteroatoms. The minimum absolute atomic E-state index is 0.0361. The van der Waals surface area contributed by atoms with Crippen LogP contribution in [-0.4, -0.2) is 5.91 Å². The van der Waals surface area contributed by atoms with Crippen LogP contribution >= 0.6 is 15.9 Å². The average Bonchev–Trinajstić information content (AvgIpc) is 2.42. The Morgan fingerprint density at radius 3 is 2.45 bits per heavy atom. The van der Waals surface area contributed by atoms with Crippen molar-refractivity contribution in [3.63, 3.8) is 0 Å². The van der Waals surface area contributed by atoms with Crippen LogP contribution in [0.2, 0.25) is 0 Å². The monoisotopic (exact) mass is 343 g/mol. The molecule has 104 valence electrons. The lowest BCUT2D eigenvalue weighted by atomic mass is 10.1. The van der Waals surface area contributed by atoms with E-state index in [4.69, 9.17) is 0 Å². The lowest BCUT2D eigenvalue weighted by Gasteiger charge is -2.09. The van der Waals surface area contributed by atoms with E-state index in [-0.39, 0.29) is 15.6 Å². The number of carbonyl (C=O) groups is 1. The molecule has 0 aliphatic heterocycles. The van der Waals surface area contributed by atoms with Crippen molar-refractivity contribution >= 4 is 27.5 Å². The van der Waals surface area contributed by atoms with Gasteiger partial charge in [-0.05, 0) is 52.7 Å². The maximum Gasteiger partial charge on any atom is 0.255 e. The summed E-state index contributed by atoms with van der Waals surface area (Å²) >= 11 is 2.95. The third-order valence-electron chi connectivity index (χ3n) is 2.70. The van der Waals surface area contributed by atoms with Crippen LogP contribution in [0, 0.1) is 24.4 Å². The zero-order valence-corrected chi connectivity index (χ0v) is 11.9. The van der Waals surface area contributed by atoms with Crippen LogP contribution in [0.4, 0.5) is 18.9 Å². The minimum Gasteiger partial charge on any atom is -0.317 e. The van der Waals surface area contributed by atoms with Gasteiger partial charge in [0.25, 0.3) is 5.91 Å². The second-order valence-electron chi connectivity index (χ2n) is 4.14. The summed E-state index contributed by atoms with van der Waals surface area (Å²) in [6.07, 6.45) is 0. The molecule has 0 saturated heterocycles. The van der Waals surface area contributed by atoms with Gasteiger partial charge in [0, 0.05) is 5.56 Å². The lowest BCUT2D eigenvalue weighted by Crippen LogP contribution is -2.15. The first-order valence-corrected chi connectivity index (χ1v) is 6.40.